The van der Waals surface area contributed by atoms with E-state index in [1.54, 1.807) is 18.2 Å². The van der Waals surface area contributed by atoms with Crippen LogP contribution in [0, 0.1) is 11.3 Å². The van der Waals surface area contributed by atoms with Crippen LogP contribution in [0.3, 0.4) is 0 Å². The number of nitriles is 1. The third kappa shape index (κ3) is 3.30. The minimum Gasteiger partial charge on any atom is -0.459 e. The van der Waals surface area contributed by atoms with E-state index in [4.69, 9.17) is 9.68 Å². The number of furan rings is 1. The first-order valence-corrected chi connectivity index (χ1v) is 7.13. The molecule has 0 bridgehead atoms. The number of nitrogens with zero attached hydrogens (tertiary/aromatic N) is 2. The molecule has 0 aliphatic rings. The number of nitrogens with one attached hydrogen (secondary N) is 2. The number of carbonyl (C=O) groups is 1. The molecule has 0 aliphatic heterocycles. The summed E-state index contributed by atoms with van der Waals surface area (Å²) in [7, 11) is 0. The lowest BCUT2D eigenvalue weighted by Crippen LogP contribution is -2.28. The summed E-state index contributed by atoms with van der Waals surface area (Å²) < 4.78 is 5.02. The van der Waals surface area contributed by atoms with Gasteiger partial charge in [0.1, 0.15) is 11.8 Å². The molecule has 23 heavy (non-hydrogen) atoms. The van der Waals surface area contributed by atoms with Crippen molar-refractivity contribution in [2.45, 2.75) is 0 Å². The molecule has 0 atom stereocenters. The van der Waals surface area contributed by atoms with Gasteiger partial charge in [0.2, 0.25) is 0 Å². The molecule has 2 N–H and O–H groups in total. The van der Waals surface area contributed by atoms with Crippen molar-refractivity contribution in [1.29, 1.82) is 5.26 Å². The summed E-state index contributed by atoms with van der Waals surface area (Å²) in [5.41, 5.74) is 1.93. The molecule has 0 spiro atoms. The van der Waals surface area contributed by atoms with Crippen molar-refractivity contribution < 1.29 is 9.21 Å². The van der Waals surface area contributed by atoms with Gasteiger partial charge in [0.15, 0.2) is 5.76 Å². The van der Waals surface area contributed by atoms with E-state index in [1.807, 2.05) is 24.3 Å². The summed E-state index contributed by atoms with van der Waals surface area (Å²) in [5.74, 6) is 0.0280. The van der Waals surface area contributed by atoms with Gasteiger partial charge in [-0.25, -0.2) is 4.98 Å². The number of anilines is 1. The maximum atomic E-state index is 11.7. The van der Waals surface area contributed by atoms with Crippen LogP contribution in [0.15, 0.2) is 53.1 Å². The van der Waals surface area contributed by atoms with Gasteiger partial charge in [-0.2, -0.15) is 5.26 Å². The van der Waals surface area contributed by atoms with Crippen molar-refractivity contribution in [3.8, 4) is 6.07 Å². The molecule has 114 valence electrons. The lowest BCUT2D eigenvalue weighted by molar-refractivity contribution is 0.0927. The number of hydrogen-bond donors (Lipinski definition) is 2. The van der Waals surface area contributed by atoms with Crippen molar-refractivity contribution >= 4 is 22.5 Å². The molecule has 0 unspecified atom stereocenters. The molecule has 0 saturated heterocycles. The van der Waals surface area contributed by atoms with E-state index in [1.165, 1.54) is 6.26 Å². The highest BCUT2D eigenvalue weighted by molar-refractivity contribution is 5.92. The maximum Gasteiger partial charge on any atom is 0.287 e. The number of amides is 1. The number of hydrogen-bond acceptors (Lipinski definition) is 5. The van der Waals surface area contributed by atoms with E-state index in [-0.39, 0.29) is 11.7 Å². The molecule has 0 aliphatic carbocycles. The monoisotopic (exact) mass is 306 g/mol. The van der Waals surface area contributed by atoms with Crippen LogP contribution >= 0.6 is 0 Å². The second-order valence-electron chi connectivity index (χ2n) is 4.84. The molecule has 1 aromatic carbocycles. The Hall–Kier alpha value is -3.33. The van der Waals surface area contributed by atoms with Crippen LogP contribution in [-0.2, 0) is 0 Å². The Morgan fingerprint density at radius 3 is 2.87 bits per heavy atom. The number of fused-ring (bicyclic) bond motifs is 1. The maximum absolute atomic E-state index is 11.7. The Balaban J connectivity index is 1.65. The minimum absolute atomic E-state index is 0.255. The minimum atomic E-state index is -0.255. The lowest BCUT2D eigenvalue weighted by atomic mass is 10.1. The summed E-state index contributed by atoms with van der Waals surface area (Å²) >= 11 is 0. The first kappa shape index (κ1) is 14.6. The van der Waals surface area contributed by atoms with Crippen LogP contribution in [0.2, 0.25) is 0 Å². The van der Waals surface area contributed by atoms with Crippen molar-refractivity contribution in [2.75, 3.05) is 18.4 Å². The quantitative estimate of drug-likeness (QED) is 0.707. The number of rotatable bonds is 5. The molecule has 0 fully saturated rings. The lowest BCUT2D eigenvalue weighted by Gasteiger charge is -2.10. The third-order valence-corrected chi connectivity index (χ3v) is 3.30. The topological polar surface area (TPSA) is 91.0 Å². The molecule has 1 amide bonds. The average molecular weight is 306 g/mol. The predicted octanol–water partition coefficient (Wildman–Crippen LogP) is 2.54. The highest BCUT2D eigenvalue weighted by Gasteiger charge is 2.08. The van der Waals surface area contributed by atoms with Gasteiger partial charge < -0.3 is 15.1 Å². The van der Waals surface area contributed by atoms with Gasteiger partial charge in [-0.05, 0) is 24.3 Å². The molecule has 6 nitrogen and oxygen atoms in total. The zero-order valence-corrected chi connectivity index (χ0v) is 12.2. The predicted molar refractivity (Wildman–Crippen MR) is 86.0 cm³/mol. The Bertz CT molecular complexity index is 866. The number of pyridine rings is 1. The number of aromatic nitrogens is 1. The van der Waals surface area contributed by atoms with Gasteiger partial charge >= 0.3 is 0 Å². The standard InChI is InChI=1S/C17H14N4O2/c18-11-12-10-15(13-4-1-2-5-14(13)21-12)19-7-8-20-17(22)16-6-3-9-23-16/h1-6,9-10H,7-8H2,(H,19,21)(H,20,22). The fraction of sp³-hybridized carbons (Fsp3) is 0.118. The molecular formula is C17H14N4O2. The van der Waals surface area contributed by atoms with Crippen molar-refractivity contribution in [3.63, 3.8) is 0 Å². The van der Waals surface area contributed by atoms with Gasteiger partial charge in [0, 0.05) is 24.2 Å². The van der Waals surface area contributed by atoms with Gasteiger partial charge in [-0.1, -0.05) is 18.2 Å². The van der Waals surface area contributed by atoms with E-state index in [2.05, 4.69) is 21.7 Å². The van der Waals surface area contributed by atoms with Gasteiger partial charge in [0.05, 0.1) is 11.8 Å². The van der Waals surface area contributed by atoms with Crippen LogP contribution < -0.4 is 10.6 Å². The Labute approximate surface area is 132 Å². The van der Waals surface area contributed by atoms with Crippen LogP contribution in [0.4, 0.5) is 5.69 Å². The smallest absolute Gasteiger partial charge is 0.287 e. The molecule has 0 saturated carbocycles. The zero-order chi connectivity index (χ0) is 16.1. The number of benzene rings is 1. The molecule has 6 heteroatoms. The van der Waals surface area contributed by atoms with Crippen LogP contribution in [0.5, 0.6) is 0 Å². The van der Waals surface area contributed by atoms with E-state index in [0.29, 0.717) is 18.8 Å². The first-order chi connectivity index (χ1) is 11.3. The van der Waals surface area contributed by atoms with Crippen molar-refractivity contribution in [2.24, 2.45) is 0 Å². The fourth-order valence-corrected chi connectivity index (χ4v) is 2.25. The molecule has 0 radical (unpaired) electrons. The third-order valence-electron chi connectivity index (χ3n) is 3.30. The summed E-state index contributed by atoms with van der Waals surface area (Å²) in [5, 5.41) is 16.0. The Morgan fingerprint density at radius 2 is 2.09 bits per heavy atom. The molecule has 3 aromatic rings. The summed E-state index contributed by atoms with van der Waals surface area (Å²) in [6, 6.07) is 14.6. The first-order valence-electron chi connectivity index (χ1n) is 7.13. The Kier molecular flexibility index (Phi) is 4.20. The van der Waals surface area contributed by atoms with Gasteiger partial charge in [-0.3, -0.25) is 4.79 Å². The van der Waals surface area contributed by atoms with E-state index >= 15 is 0 Å². The fourth-order valence-electron chi connectivity index (χ4n) is 2.25. The number of para-hydroxylation sites is 1. The van der Waals surface area contributed by atoms with Crippen LogP contribution in [-0.4, -0.2) is 24.0 Å². The summed E-state index contributed by atoms with van der Waals surface area (Å²) in [6.07, 6.45) is 1.46. The molecule has 2 heterocycles. The molecular weight excluding hydrogens is 292 g/mol. The SMILES string of the molecule is N#Cc1cc(NCCNC(=O)c2ccco2)c2ccccc2n1. The highest BCUT2D eigenvalue weighted by Crippen LogP contribution is 2.22. The second-order valence-corrected chi connectivity index (χ2v) is 4.84. The van der Waals surface area contributed by atoms with Crippen LogP contribution in [0.1, 0.15) is 16.2 Å². The van der Waals surface area contributed by atoms with Crippen molar-refractivity contribution in [3.05, 3.63) is 60.2 Å². The molecule has 2 aromatic heterocycles. The Morgan fingerprint density at radius 1 is 1.22 bits per heavy atom. The highest BCUT2D eigenvalue weighted by atomic mass is 16.3. The van der Waals surface area contributed by atoms with E-state index in [0.717, 1.165) is 16.6 Å². The summed E-state index contributed by atoms with van der Waals surface area (Å²) in [6.45, 7) is 0.948. The average Bonchev–Trinajstić information content (AvgIpc) is 3.12. The second kappa shape index (κ2) is 6.62. The van der Waals surface area contributed by atoms with E-state index in [9.17, 15) is 4.79 Å². The zero-order valence-electron chi connectivity index (χ0n) is 12.2. The van der Waals surface area contributed by atoms with Crippen molar-refractivity contribution in [1.82, 2.24) is 10.3 Å². The van der Waals surface area contributed by atoms with Crippen LogP contribution in [0.25, 0.3) is 10.9 Å². The summed E-state index contributed by atoms with van der Waals surface area (Å²) in [4.78, 5) is 16.0. The largest absolute Gasteiger partial charge is 0.459 e. The normalized spacial score (nSPS) is 10.2. The molecule has 3 rings (SSSR count). The van der Waals surface area contributed by atoms with Gasteiger partial charge in [-0.15, -0.1) is 0 Å². The number of carbonyl (C=O) groups excluding carboxylic acids is 1. The van der Waals surface area contributed by atoms with Gasteiger partial charge in [0.25, 0.3) is 5.91 Å². The van der Waals surface area contributed by atoms with E-state index < -0.39 is 0 Å².